The molecular formula is C15H15ClN2O2. The van der Waals surface area contributed by atoms with Gasteiger partial charge in [0.25, 0.3) is 0 Å². The van der Waals surface area contributed by atoms with E-state index in [9.17, 15) is 9.59 Å². The first-order chi connectivity index (χ1) is 9.54. The molecule has 1 aromatic carbocycles. The first-order valence-corrected chi connectivity index (χ1v) is 6.62. The summed E-state index contributed by atoms with van der Waals surface area (Å²) < 4.78 is 2.72. The van der Waals surface area contributed by atoms with Crippen LogP contribution >= 0.6 is 11.6 Å². The lowest BCUT2D eigenvalue weighted by atomic mass is 10.2. The van der Waals surface area contributed by atoms with Crippen molar-refractivity contribution in [2.24, 2.45) is 0 Å². The monoisotopic (exact) mass is 290 g/mol. The SMILES string of the molecule is C=CCCn1ccn(-c2ccc(Cl)c(C)c2)c(=O)c1=O. The lowest BCUT2D eigenvalue weighted by molar-refractivity contribution is 0.656. The minimum absolute atomic E-state index is 0.456. The van der Waals surface area contributed by atoms with Crippen LogP contribution in [0.15, 0.2) is 52.8 Å². The summed E-state index contributed by atoms with van der Waals surface area (Å²) in [5.74, 6) is 0. The Hall–Kier alpha value is -2.07. The molecule has 0 amide bonds. The van der Waals surface area contributed by atoms with Crippen molar-refractivity contribution in [2.45, 2.75) is 19.9 Å². The number of aromatic nitrogens is 2. The molecule has 0 aliphatic rings. The average Bonchev–Trinajstić information content (AvgIpc) is 2.44. The Morgan fingerprint density at radius 2 is 2.00 bits per heavy atom. The number of hydrogen-bond donors (Lipinski definition) is 0. The number of halogens is 1. The molecule has 0 unspecified atom stereocenters. The molecule has 0 bridgehead atoms. The highest BCUT2D eigenvalue weighted by molar-refractivity contribution is 6.31. The first kappa shape index (κ1) is 14.3. The Balaban J connectivity index is 2.51. The molecule has 4 nitrogen and oxygen atoms in total. The van der Waals surface area contributed by atoms with Crippen LogP contribution in [0, 0.1) is 6.92 Å². The van der Waals surface area contributed by atoms with Crippen molar-refractivity contribution in [3.8, 4) is 5.69 Å². The fourth-order valence-electron chi connectivity index (χ4n) is 1.90. The number of benzene rings is 1. The van der Waals surface area contributed by atoms with E-state index in [1.165, 1.54) is 9.13 Å². The van der Waals surface area contributed by atoms with Crippen LogP contribution in [-0.2, 0) is 6.54 Å². The second-order valence-corrected chi connectivity index (χ2v) is 4.89. The molecule has 5 heteroatoms. The van der Waals surface area contributed by atoms with Gasteiger partial charge in [0.1, 0.15) is 0 Å². The molecular weight excluding hydrogens is 276 g/mol. The summed E-state index contributed by atoms with van der Waals surface area (Å²) in [7, 11) is 0. The van der Waals surface area contributed by atoms with Crippen LogP contribution in [-0.4, -0.2) is 9.13 Å². The zero-order chi connectivity index (χ0) is 14.7. The standard InChI is InChI=1S/C15H15ClN2O2/c1-3-4-7-17-8-9-18(15(20)14(17)19)12-5-6-13(16)11(2)10-12/h3,5-6,8-10H,1,4,7H2,2H3. The van der Waals surface area contributed by atoms with Crippen LogP contribution in [0.4, 0.5) is 0 Å². The largest absolute Gasteiger partial charge is 0.320 e. The van der Waals surface area contributed by atoms with Crippen LogP contribution in [0.2, 0.25) is 5.02 Å². The summed E-state index contributed by atoms with van der Waals surface area (Å²) in [6, 6.07) is 5.20. The fraction of sp³-hybridized carbons (Fsp3) is 0.200. The summed E-state index contributed by atoms with van der Waals surface area (Å²) in [5, 5.41) is 0.626. The molecule has 0 aliphatic heterocycles. The van der Waals surface area contributed by atoms with Gasteiger partial charge in [-0.05, 0) is 37.1 Å². The van der Waals surface area contributed by atoms with E-state index >= 15 is 0 Å². The Kier molecular flexibility index (Phi) is 4.25. The van der Waals surface area contributed by atoms with E-state index in [4.69, 9.17) is 11.6 Å². The van der Waals surface area contributed by atoms with Crippen molar-refractivity contribution in [1.29, 1.82) is 0 Å². The Labute approximate surface area is 121 Å². The minimum Gasteiger partial charge on any atom is -0.309 e. The molecule has 0 saturated carbocycles. The molecule has 0 N–H and O–H groups in total. The summed E-state index contributed by atoms with van der Waals surface area (Å²) in [6.07, 6.45) is 5.55. The molecule has 0 spiro atoms. The quantitative estimate of drug-likeness (QED) is 0.641. The highest BCUT2D eigenvalue weighted by Crippen LogP contribution is 2.17. The second kappa shape index (κ2) is 5.92. The third-order valence-corrected chi connectivity index (χ3v) is 3.48. The van der Waals surface area contributed by atoms with Crippen molar-refractivity contribution >= 4 is 11.6 Å². The molecule has 0 radical (unpaired) electrons. The third-order valence-electron chi connectivity index (χ3n) is 3.05. The highest BCUT2D eigenvalue weighted by Gasteiger charge is 2.07. The summed E-state index contributed by atoms with van der Waals surface area (Å²) in [6.45, 7) is 5.91. The van der Waals surface area contributed by atoms with Crippen LogP contribution < -0.4 is 11.1 Å². The van der Waals surface area contributed by atoms with Crippen LogP contribution in [0.1, 0.15) is 12.0 Å². The lowest BCUT2D eigenvalue weighted by Crippen LogP contribution is -2.39. The average molecular weight is 291 g/mol. The Morgan fingerprint density at radius 1 is 1.25 bits per heavy atom. The number of hydrogen-bond acceptors (Lipinski definition) is 2. The van der Waals surface area contributed by atoms with Crippen LogP contribution in [0.5, 0.6) is 0 Å². The van der Waals surface area contributed by atoms with E-state index in [1.807, 2.05) is 6.92 Å². The Bertz CT molecular complexity index is 759. The van der Waals surface area contributed by atoms with E-state index < -0.39 is 11.1 Å². The van der Waals surface area contributed by atoms with Gasteiger partial charge in [-0.15, -0.1) is 6.58 Å². The second-order valence-electron chi connectivity index (χ2n) is 4.48. The molecule has 2 rings (SSSR count). The summed E-state index contributed by atoms with van der Waals surface area (Å²) >= 11 is 5.96. The van der Waals surface area contributed by atoms with Crippen molar-refractivity contribution in [3.63, 3.8) is 0 Å². The predicted molar refractivity (Wildman–Crippen MR) is 80.9 cm³/mol. The number of nitrogens with zero attached hydrogens (tertiary/aromatic N) is 2. The van der Waals surface area contributed by atoms with Crippen molar-refractivity contribution in [2.75, 3.05) is 0 Å². The van der Waals surface area contributed by atoms with E-state index in [2.05, 4.69) is 6.58 Å². The smallest absolute Gasteiger partial charge is 0.309 e. The number of aryl methyl sites for hydroxylation is 2. The van der Waals surface area contributed by atoms with Crippen LogP contribution in [0.25, 0.3) is 5.69 Å². The van der Waals surface area contributed by atoms with Gasteiger partial charge in [0.2, 0.25) is 0 Å². The van der Waals surface area contributed by atoms with Crippen molar-refractivity contribution < 1.29 is 0 Å². The molecule has 2 aromatic rings. The van der Waals surface area contributed by atoms with Gasteiger partial charge in [0.15, 0.2) is 0 Å². The van der Waals surface area contributed by atoms with Gasteiger partial charge in [-0.2, -0.15) is 0 Å². The first-order valence-electron chi connectivity index (χ1n) is 6.24. The van der Waals surface area contributed by atoms with Gasteiger partial charge >= 0.3 is 11.1 Å². The van der Waals surface area contributed by atoms with Crippen molar-refractivity contribution in [3.05, 3.63) is 74.5 Å². The van der Waals surface area contributed by atoms with Gasteiger partial charge in [-0.3, -0.25) is 14.2 Å². The van der Waals surface area contributed by atoms with Gasteiger partial charge in [-0.1, -0.05) is 17.7 Å². The molecule has 1 heterocycles. The van der Waals surface area contributed by atoms with Gasteiger partial charge < -0.3 is 4.57 Å². The molecule has 0 atom stereocenters. The summed E-state index contributed by atoms with van der Waals surface area (Å²) in [5.41, 5.74) is 0.372. The van der Waals surface area contributed by atoms with E-state index in [0.29, 0.717) is 23.7 Å². The summed E-state index contributed by atoms with van der Waals surface area (Å²) in [4.78, 5) is 24.1. The van der Waals surface area contributed by atoms with Gasteiger partial charge in [0.05, 0.1) is 0 Å². The maximum Gasteiger partial charge on any atom is 0.320 e. The molecule has 0 fully saturated rings. The molecule has 0 aliphatic carbocycles. The molecule has 104 valence electrons. The topological polar surface area (TPSA) is 44.0 Å². The molecule has 1 aromatic heterocycles. The fourth-order valence-corrected chi connectivity index (χ4v) is 2.01. The predicted octanol–water partition coefficient (Wildman–Crippen LogP) is 2.54. The molecule has 20 heavy (non-hydrogen) atoms. The maximum absolute atomic E-state index is 12.1. The Morgan fingerprint density at radius 3 is 2.65 bits per heavy atom. The minimum atomic E-state index is -0.571. The van der Waals surface area contributed by atoms with E-state index in [0.717, 1.165) is 5.56 Å². The van der Waals surface area contributed by atoms with Gasteiger partial charge in [-0.25, -0.2) is 0 Å². The number of rotatable bonds is 4. The normalized spacial score (nSPS) is 10.5. The zero-order valence-electron chi connectivity index (χ0n) is 11.2. The third kappa shape index (κ3) is 2.75. The van der Waals surface area contributed by atoms with Gasteiger partial charge in [0, 0.05) is 29.6 Å². The van der Waals surface area contributed by atoms with E-state index in [1.54, 1.807) is 36.7 Å². The van der Waals surface area contributed by atoms with Crippen LogP contribution in [0.3, 0.4) is 0 Å². The maximum atomic E-state index is 12.1. The lowest BCUT2D eigenvalue weighted by Gasteiger charge is -2.09. The molecule has 0 saturated heterocycles. The van der Waals surface area contributed by atoms with E-state index in [-0.39, 0.29) is 0 Å². The zero-order valence-corrected chi connectivity index (χ0v) is 11.9. The number of allylic oxidation sites excluding steroid dienone is 1. The van der Waals surface area contributed by atoms with Crippen molar-refractivity contribution in [1.82, 2.24) is 9.13 Å². The highest BCUT2D eigenvalue weighted by atomic mass is 35.5.